The van der Waals surface area contributed by atoms with Gasteiger partial charge in [0, 0.05) is 32.0 Å². The number of hydrogen-bond donors (Lipinski definition) is 2. The number of hydrogen-bond acceptors (Lipinski definition) is 5. The molecule has 2 N–H and O–H groups in total. The van der Waals surface area contributed by atoms with Crippen molar-refractivity contribution in [2.75, 3.05) is 19.6 Å². The molecule has 25 heavy (non-hydrogen) atoms. The third kappa shape index (κ3) is 9.07. The predicted octanol–water partition coefficient (Wildman–Crippen LogP) is 0.988. The van der Waals surface area contributed by atoms with Crippen LogP contribution in [0.3, 0.4) is 0 Å². The lowest BCUT2D eigenvalue weighted by Gasteiger charge is -2.32. The Hall–Kier alpha value is -2.12. The van der Waals surface area contributed by atoms with Gasteiger partial charge in [-0.25, -0.2) is 4.79 Å². The molecule has 0 aliphatic carbocycles. The molecule has 1 saturated heterocycles. The Morgan fingerprint density at radius 3 is 2.20 bits per heavy atom. The minimum Gasteiger partial charge on any atom is -0.444 e. The maximum atomic E-state index is 11.9. The average molecular weight is 355 g/mol. The second kappa shape index (κ2) is 9.39. The minimum atomic E-state index is -0.631. The number of nitrogens with zero attached hydrogens (tertiary/aromatic N) is 1. The van der Waals surface area contributed by atoms with Crippen LogP contribution < -0.4 is 10.6 Å². The van der Waals surface area contributed by atoms with Crippen molar-refractivity contribution in [2.24, 2.45) is 0 Å². The van der Waals surface area contributed by atoms with E-state index in [0.29, 0.717) is 25.9 Å². The third-order valence-corrected chi connectivity index (χ3v) is 3.70. The van der Waals surface area contributed by atoms with Crippen LogP contribution in [0.1, 0.15) is 53.4 Å². The molecule has 0 bridgehead atoms. The first-order valence-corrected chi connectivity index (χ1v) is 8.60. The van der Waals surface area contributed by atoms with Crippen molar-refractivity contribution in [3.8, 4) is 0 Å². The molecule has 1 aliphatic rings. The molecule has 0 unspecified atom stereocenters. The summed E-state index contributed by atoms with van der Waals surface area (Å²) in [7, 11) is 0. The van der Waals surface area contributed by atoms with Gasteiger partial charge in [-0.2, -0.15) is 0 Å². The van der Waals surface area contributed by atoms with Gasteiger partial charge in [0.25, 0.3) is 0 Å². The van der Waals surface area contributed by atoms with Gasteiger partial charge in [-0.05, 0) is 40.5 Å². The second-order valence-corrected chi connectivity index (χ2v) is 7.28. The van der Waals surface area contributed by atoms with E-state index in [0.717, 1.165) is 0 Å². The van der Waals surface area contributed by atoms with Gasteiger partial charge in [0.05, 0.1) is 0 Å². The number of alkyl carbamates (subject to hydrolysis) is 1. The molecule has 1 aliphatic heterocycles. The highest BCUT2D eigenvalue weighted by atomic mass is 16.6. The number of carbonyl (C=O) groups excluding carboxylic acids is 4. The fourth-order valence-electron chi connectivity index (χ4n) is 2.46. The SMILES string of the molecule is CC(=O)CCC(=O)N1CCC(NC(=O)CNC(=O)OC(C)(C)C)CC1. The summed E-state index contributed by atoms with van der Waals surface area (Å²) in [6.45, 7) is 7.68. The van der Waals surface area contributed by atoms with Gasteiger partial charge in [0.15, 0.2) is 0 Å². The van der Waals surface area contributed by atoms with E-state index in [2.05, 4.69) is 10.6 Å². The lowest BCUT2D eigenvalue weighted by atomic mass is 10.0. The zero-order valence-corrected chi connectivity index (χ0v) is 15.5. The zero-order valence-electron chi connectivity index (χ0n) is 15.5. The maximum absolute atomic E-state index is 11.9. The monoisotopic (exact) mass is 355 g/mol. The summed E-state index contributed by atoms with van der Waals surface area (Å²) in [5.74, 6) is -0.299. The van der Waals surface area contributed by atoms with Gasteiger partial charge in [-0.15, -0.1) is 0 Å². The molecule has 0 aromatic carbocycles. The molecule has 1 fully saturated rings. The highest BCUT2D eigenvalue weighted by Gasteiger charge is 2.24. The van der Waals surface area contributed by atoms with Crippen molar-refractivity contribution < 1.29 is 23.9 Å². The summed E-state index contributed by atoms with van der Waals surface area (Å²) in [4.78, 5) is 48.0. The summed E-state index contributed by atoms with van der Waals surface area (Å²) in [5.41, 5.74) is -0.609. The van der Waals surface area contributed by atoms with Gasteiger partial charge in [-0.3, -0.25) is 9.59 Å². The van der Waals surface area contributed by atoms with Gasteiger partial charge in [-0.1, -0.05) is 0 Å². The first kappa shape index (κ1) is 20.9. The number of carbonyl (C=O) groups is 4. The van der Waals surface area contributed by atoms with E-state index in [1.807, 2.05) is 0 Å². The summed E-state index contributed by atoms with van der Waals surface area (Å²) < 4.78 is 5.06. The third-order valence-electron chi connectivity index (χ3n) is 3.70. The van der Waals surface area contributed by atoms with E-state index >= 15 is 0 Å². The van der Waals surface area contributed by atoms with Gasteiger partial charge < -0.3 is 25.1 Å². The fraction of sp³-hybridized carbons (Fsp3) is 0.765. The molecule has 142 valence electrons. The number of Topliss-reactive ketones (excluding diaryl/α,β-unsaturated/α-hetero) is 1. The minimum absolute atomic E-state index is 0.00739. The van der Waals surface area contributed by atoms with Crippen LogP contribution in [-0.4, -0.2) is 59.9 Å². The first-order valence-electron chi connectivity index (χ1n) is 8.60. The summed E-state index contributed by atoms with van der Waals surface area (Å²) in [6, 6.07) is -0.0233. The smallest absolute Gasteiger partial charge is 0.408 e. The predicted molar refractivity (Wildman–Crippen MR) is 91.9 cm³/mol. The highest BCUT2D eigenvalue weighted by molar-refractivity contribution is 5.84. The molecule has 0 spiro atoms. The van der Waals surface area contributed by atoms with E-state index in [9.17, 15) is 19.2 Å². The van der Waals surface area contributed by atoms with Crippen LogP contribution in [0.4, 0.5) is 4.79 Å². The Morgan fingerprint density at radius 2 is 1.68 bits per heavy atom. The van der Waals surface area contributed by atoms with Crippen LogP contribution >= 0.6 is 0 Å². The Balaban J connectivity index is 2.25. The number of amides is 3. The molecule has 0 atom stereocenters. The number of rotatable bonds is 6. The molecule has 0 aromatic rings. The molecule has 8 nitrogen and oxygen atoms in total. The molecule has 3 amide bonds. The molecular formula is C17H29N3O5. The van der Waals surface area contributed by atoms with Crippen LogP contribution in [0.2, 0.25) is 0 Å². The number of ether oxygens (including phenoxy) is 1. The highest BCUT2D eigenvalue weighted by Crippen LogP contribution is 2.12. The fourth-order valence-corrected chi connectivity index (χ4v) is 2.46. The maximum Gasteiger partial charge on any atom is 0.408 e. The van der Waals surface area contributed by atoms with E-state index in [1.54, 1.807) is 25.7 Å². The average Bonchev–Trinajstić information content (AvgIpc) is 2.49. The standard InChI is InChI=1S/C17H29N3O5/c1-12(21)5-6-15(23)20-9-7-13(8-10-20)19-14(22)11-18-16(24)25-17(2,3)4/h13H,5-11H2,1-4H3,(H,18,24)(H,19,22). The zero-order chi connectivity index (χ0) is 19.0. The van der Waals surface area contributed by atoms with E-state index in [-0.39, 0.29) is 43.0 Å². The van der Waals surface area contributed by atoms with E-state index in [1.165, 1.54) is 6.92 Å². The summed E-state index contributed by atoms with van der Waals surface area (Å²) in [5, 5.41) is 5.26. The van der Waals surface area contributed by atoms with Crippen LogP contribution in [0.25, 0.3) is 0 Å². The molecule has 8 heteroatoms. The lowest BCUT2D eigenvalue weighted by molar-refractivity contribution is -0.134. The molecule has 0 aromatic heterocycles. The number of nitrogens with one attached hydrogen (secondary N) is 2. The van der Waals surface area contributed by atoms with Crippen molar-refractivity contribution >= 4 is 23.7 Å². The normalized spacial score (nSPS) is 15.4. The van der Waals surface area contributed by atoms with Crippen LogP contribution in [0.15, 0.2) is 0 Å². The van der Waals surface area contributed by atoms with E-state index < -0.39 is 11.7 Å². The van der Waals surface area contributed by atoms with Crippen molar-refractivity contribution in [3.63, 3.8) is 0 Å². The Bertz CT molecular complexity index is 505. The Kier molecular flexibility index (Phi) is 7.86. The van der Waals surface area contributed by atoms with Crippen LogP contribution in [-0.2, 0) is 19.1 Å². The van der Waals surface area contributed by atoms with Crippen LogP contribution in [0, 0.1) is 0 Å². The van der Waals surface area contributed by atoms with E-state index in [4.69, 9.17) is 4.74 Å². The van der Waals surface area contributed by atoms with Crippen LogP contribution in [0.5, 0.6) is 0 Å². The number of ketones is 1. The van der Waals surface area contributed by atoms with Crippen molar-refractivity contribution in [1.82, 2.24) is 15.5 Å². The molecule has 0 radical (unpaired) electrons. The topological polar surface area (TPSA) is 105 Å². The molecular weight excluding hydrogens is 326 g/mol. The number of piperidine rings is 1. The van der Waals surface area contributed by atoms with Gasteiger partial charge >= 0.3 is 6.09 Å². The van der Waals surface area contributed by atoms with Crippen molar-refractivity contribution in [1.29, 1.82) is 0 Å². The first-order chi connectivity index (χ1) is 11.6. The van der Waals surface area contributed by atoms with Gasteiger partial charge in [0.1, 0.15) is 17.9 Å². The molecule has 0 saturated carbocycles. The quantitative estimate of drug-likeness (QED) is 0.739. The Labute approximate surface area is 148 Å². The largest absolute Gasteiger partial charge is 0.444 e. The second-order valence-electron chi connectivity index (χ2n) is 7.28. The van der Waals surface area contributed by atoms with Gasteiger partial charge in [0.2, 0.25) is 11.8 Å². The molecule has 1 rings (SSSR count). The summed E-state index contributed by atoms with van der Waals surface area (Å²) >= 11 is 0. The summed E-state index contributed by atoms with van der Waals surface area (Å²) in [6.07, 6.45) is 1.19. The molecule has 1 heterocycles. The Morgan fingerprint density at radius 1 is 1.08 bits per heavy atom. The van der Waals surface area contributed by atoms with Crippen molar-refractivity contribution in [2.45, 2.75) is 65.0 Å². The lowest BCUT2D eigenvalue weighted by Crippen LogP contribution is -2.49. The number of likely N-dealkylation sites (tertiary alicyclic amines) is 1. The van der Waals surface area contributed by atoms with Crippen molar-refractivity contribution in [3.05, 3.63) is 0 Å².